The van der Waals surface area contributed by atoms with E-state index in [1.807, 2.05) is 6.92 Å². The first kappa shape index (κ1) is 20.0. The second-order valence-electron chi connectivity index (χ2n) is 6.70. The van der Waals surface area contributed by atoms with Crippen LogP contribution in [0.15, 0.2) is 53.4 Å². The van der Waals surface area contributed by atoms with Gasteiger partial charge in [0.2, 0.25) is 21.8 Å². The van der Waals surface area contributed by atoms with Crippen molar-refractivity contribution in [3.05, 3.63) is 54.1 Å². The minimum absolute atomic E-state index is 0.00239. The Morgan fingerprint density at radius 3 is 2.36 bits per heavy atom. The molecule has 1 fully saturated rings. The highest BCUT2D eigenvalue weighted by Crippen LogP contribution is 2.23. The van der Waals surface area contributed by atoms with Gasteiger partial charge in [-0.2, -0.15) is 0 Å². The summed E-state index contributed by atoms with van der Waals surface area (Å²) in [5, 5.41) is 2.73. The molecule has 2 aromatic rings. The summed E-state index contributed by atoms with van der Waals surface area (Å²) in [7, 11) is -3.63. The quantitative estimate of drug-likeness (QED) is 0.745. The normalized spacial score (nSPS) is 14.3. The van der Waals surface area contributed by atoms with E-state index in [1.165, 1.54) is 12.1 Å². The first-order valence-electron chi connectivity index (χ1n) is 9.12. The number of carbonyl (C=O) groups excluding carboxylic acids is 2. The van der Waals surface area contributed by atoms with Gasteiger partial charge < -0.3 is 10.2 Å². The first-order chi connectivity index (χ1) is 13.3. The molecule has 1 saturated heterocycles. The Balaban J connectivity index is 1.49. The predicted molar refractivity (Wildman–Crippen MR) is 108 cm³/mol. The predicted octanol–water partition coefficient (Wildman–Crippen LogP) is 2.43. The number of carbonyl (C=O) groups is 2. The maximum absolute atomic E-state index is 12.2. The molecule has 0 atom stereocenters. The average Bonchev–Trinajstić information content (AvgIpc) is 3.08. The van der Waals surface area contributed by atoms with Crippen molar-refractivity contribution in [2.24, 2.45) is 0 Å². The van der Waals surface area contributed by atoms with Crippen LogP contribution >= 0.6 is 0 Å². The molecule has 0 radical (unpaired) electrons. The van der Waals surface area contributed by atoms with Gasteiger partial charge in [0.05, 0.1) is 4.90 Å². The zero-order valence-electron chi connectivity index (χ0n) is 15.6. The molecule has 1 aliphatic rings. The van der Waals surface area contributed by atoms with Gasteiger partial charge >= 0.3 is 0 Å². The fourth-order valence-electron chi connectivity index (χ4n) is 2.97. The van der Waals surface area contributed by atoms with E-state index in [0.29, 0.717) is 18.7 Å². The van der Waals surface area contributed by atoms with Crippen LogP contribution in [-0.2, 0) is 19.6 Å². The van der Waals surface area contributed by atoms with Crippen molar-refractivity contribution in [1.82, 2.24) is 4.72 Å². The Morgan fingerprint density at radius 2 is 1.75 bits per heavy atom. The van der Waals surface area contributed by atoms with Gasteiger partial charge in [0.15, 0.2) is 0 Å². The highest BCUT2D eigenvalue weighted by molar-refractivity contribution is 7.89. The number of benzene rings is 2. The lowest BCUT2D eigenvalue weighted by Crippen LogP contribution is -2.27. The number of aryl methyl sites for hydroxylation is 1. The lowest BCUT2D eigenvalue weighted by Gasteiger charge is -2.16. The molecule has 2 aromatic carbocycles. The van der Waals surface area contributed by atoms with Crippen LogP contribution < -0.4 is 14.9 Å². The molecule has 2 amide bonds. The fourth-order valence-corrected chi connectivity index (χ4v) is 4.00. The molecule has 0 bridgehead atoms. The fraction of sp³-hybridized carbons (Fsp3) is 0.300. The van der Waals surface area contributed by atoms with E-state index in [1.54, 1.807) is 41.3 Å². The standard InChI is InChI=1S/C20H23N3O4S/c1-15-4-10-18(11-5-15)28(26,27)21-13-12-19(24)22-16-6-8-17(9-7-16)23-14-2-3-20(23)25/h4-11,21H,2-3,12-14H2,1H3,(H,22,24). The van der Waals surface area contributed by atoms with Crippen molar-refractivity contribution in [3.8, 4) is 0 Å². The summed E-state index contributed by atoms with van der Waals surface area (Å²) in [4.78, 5) is 25.7. The largest absolute Gasteiger partial charge is 0.326 e. The third-order valence-electron chi connectivity index (χ3n) is 4.51. The van der Waals surface area contributed by atoms with E-state index in [0.717, 1.165) is 17.7 Å². The van der Waals surface area contributed by atoms with Gasteiger partial charge in [0.25, 0.3) is 0 Å². The van der Waals surface area contributed by atoms with E-state index >= 15 is 0 Å². The molecule has 2 N–H and O–H groups in total. The molecule has 0 unspecified atom stereocenters. The zero-order valence-corrected chi connectivity index (χ0v) is 16.5. The highest BCUT2D eigenvalue weighted by atomic mass is 32.2. The number of nitrogens with zero attached hydrogens (tertiary/aromatic N) is 1. The number of rotatable bonds is 7. The Bertz CT molecular complexity index is 954. The minimum atomic E-state index is -3.63. The first-order valence-corrected chi connectivity index (χ1v) is 10.6. The van der Waals surface area contributed by atoms with Crippen LogP contribution in [0.3, 0.4) is 0 Å². The second kappa shape index (κ2) is 8.53. The summed E-state index contributed by atoms with van der Waals surface area (Å²) in [5.41, 5.74) is 2.38. The number of hydrogen-bond acceptors (Lipinski definition) is 4. The molecule has 8 heteroatoms. The smallest absolute Gasteiger partial charge is 0.240 e. The number of amides is 2. The van der Waals surface area contributed by atoms with Crippen molar-refractivity contribution in [3.63, 3.8) is 0 Å². The van der Waals surface area contributed by atoms with Crippen LogP contribution in [0.2, 0.25) is 0 Å². The maximum atomic E-state index is 12.2. The van der Waals surface area contributed by atoms with E-state index in [2.05, 4.69) is 10.0 Å². The molecular formula is C20H23N3O4S. The molecule has 1 aliphatic heterocycles. The van der Waals surface area contributed by atoms with Crippen LogP contribution in [0.5, 0.6) is 0 Å². The minimum Gasteiger partial charge on any atom is -0.326 e. The van der Waals surface area contributed by atoms with Gasteiger partial charge in [-0.25, -0.2) is 13.1 Å². The van der Waals surface area contributed by atoms with Gasteiger partial charge in [0, 0.05) is 37.3 Å². The Kier molecular flexibility index (Phi) is 6.11. The van der Waals surface area contributed by atoms with Crippen molar-refractivity contribution >= 4 is 33.2 Å². The number of hydrogen-bond donors (Lipinski definition) is 2. The molecule has 7 nitrogen and oxygen atoms in total. The molecule has 148 valence electrons. The number of anilines is 2. The Morgan fingerprint density at radius 1 is 1.07 bits per heavy atom. The SMILES string of the molecule is Cc1ccc(S(=O)(=O)NCCC(=O)Nc2ccc(N3CCCC3=O)cc2)cc1. The molecule has 1 heterocycles. The van der Waals surface area contributed by atoms with E-state index in [4.69, 9.17) is 0 Å². The van der Waals surface area contributed by atoms with Gasteiger partial charge in [-0.05, 0) is 49.7 Å². The van der Waals surface area contributed by atoms with Crippen molar-refractivity contribution in [2.45, 2.75) is 31.1 Å². The summed E-state index contributed by atoms with van der Waals surface area (Å²) in [6.07, 6.45) is 1.43. The topological polar surface area (TPSA) is 95.6 Å². The summed E-state index contributed by atoms with van der Waals surface area (Å²) in [5.74, 6) is -0.186. The third kappa shape index (κ3) is 4.96. The van der Waals surface area contributed by atoms with Gasteiger partial charge in [0.1, 0.15) is 0 Å². The summed E-state index contributed by atoms with van der Waals surface area (Å²) in [6.45, 7) is 2.60. The van der Waals surface area contributed by atoms with Crippen LogP contribution in [0.25, 0.3) is 0 Å². The molecule has 0 saturated carbocycles. The third-order valence-corrected chi connectivity index (χ3v) is 5.99. The van der Waals surface area contributed by atoms with Crippen LogP contribution in [-0.4, -0.2) is 33.3 Å². The van der Waals surface area contributed by atoms with Crippen molar-refractivity contribution in [2.75, 3.05) is 23.3 Å². The second-order valence-corrected chi connectivity index (χ2v) is 8.47. The van der Waals surface area contributed by atoms with Crippen molar-refractivity contribution in [1.29, 1.82) is 0 Å². The lowest BCUT2D eigenvalue weighted by molar-refractivity contribution is -0.117. The summed E-state index contributed by atoms with van der Waals surface area (Å²) in [6, 6.07) is 13.6. The molecule has 28 heavy (non-hydrogen) atoms. The van der Waals surface area contributed by atoms with E-state index < -0.39 is 10.0 Å². The monoisotopic (exact) mass is 401 g/mol. The maximum Gasteiger partial charge on any atom is 0.240 e. The summed E-state index contributed by atoms with van der Waals surface area (Å²) >= 11 is 0. The Hall–Kier alpha value is -2.71. The Labute approximate surface area is 164 Å². The van der Waals surface area contributed by atoms with E-state index in [9.17, 15) is 18.0 Å². The van der Waals surface area contributed by atoms with Crippen LogP contribution in [0, 0.1) is 6.92 Å². The number of nitrogens with one attached hydrogen (secondary N) is 2. The average molecular weight is 401 g/mol. The number of sulfonamides is 1. The highest BCUT2D eigenvalue weighted by Gasteiger charge is 2.21. The van der Waals surface area contributed by atoms with Gasteiger partial charge in [-0.1, -0.05) is 17.7 Å². The molecule has 3 rings (SSSR count). The molecule has 0 aromatic heterocycles. The molecule has 0 spiro atoms. The van der Waals surface area contributed by atoms with Crippen LogP contribution in [0.4, 0.5) is 11.4 Å². The molecule has 0 aliphatic carbocycles. The lowest BCUT2D eigenvalue weighted by atomic mass is 10.2. The van der Waals surface area contributed by atoms with Crippen LogP contribution in [0.1, 0.15) is 24.8 Å². The van der Waals surface area contributed by atoms with E-state index in [-0.39, 0.29) is 29.7 Å². The summed E-state index contributed by atoms with van der Waals surface area (Å²) < 4.78 is 26.8. The van der Waals surface area contributed by atoms with Crippen molar-refractivity contribution < 1.29 is 18.0 Å². The van der Waals surface area contributed by atoms with Gasteiger partial charge in [-0.15, -0.1) is 0 Å². The molecular weight excluding hydrogens is 378 g/mol. The van der Waals surface area contributed by atoms with Gasteiger partial charge in [-0.3, -0.25) is 9.59 Å². The zero-order chi connectivity index (χ0) is 20.1.